The zero-order chi connectivity index (χ0) is 24.1. The molecule has 1 aliphatic rings. The van der Waals surface area contributed by atoms with Crippen LogP contribution in [0.4, 0.5) is 14.6 Å². The first-order valence-corrected chi connectivity index (χ1v) is 11.0. The Morgan fingerprint density at radius 1 is 1.21 bits per heavy atom. The number of nitrogens with one attached hydrogen (secondary N) is 1. The molecular formula is C23H27F2N5O4. The average Bonchev–Trinajstić information content (AvgIpc) is 2.85. The minimum Gasteiger partial charge on any atom is -0.493 e. The smallest absolute Gasteiger partial charge is 0.264 e. The molecule has 34 heavy (non-hydrogen) atoms. The SMILES string of the molecule is COc1cc(-c2cc3ncn(C)c(=O)c3c(NCC(F)F)n2)ccc1OCCN1CCOCC1. The molecule has 1 N–H and O–H groups in total. The van der Waals surface area contributed by atoms with Crippen LogP contribution in [-0.4, -0.2) is 79.0 Å². The first kappa shape index (κ1) is 23.8. The van der Waals surface area contributed by atoms with Gasteiger partial charge in [0, 0.05) is 32.2 Å². The van der Waals surface area contributed by atoms with Gasteiger partial charge in [0.05, 0.1) is 44.4 Å². The average molecular weight is 475 g/mol. The molecule has 1 aliphatic heterocycles. The second-order valence-corrected chi connectivity index (χ2v) is 7.85. The van der Waals surface area contributed by atoms with Crippen molar-refractivity contribution in [2.75, 3.05) is 58.4 Å². The van der Waals surface area contributed by atoms with Crippen LogP contribution in [0, 0.1) is 0 Å². The molecule has 4 rings (SSSR count). The van der Waals surface area contributed by atoms with E-state index in [1.165, 1.54) is 10.9 Å². The number of methoxy groups -OCH3 is 1. The maximum Gasteiger partial charge on any atom is 0.264 e. The van der Waals surface area contributed by atoms with E-state index in [-0.39, 0.29) is 16.8 Å². The fourth-order valence-corrected chi connectivity index (χ4v) is 3.73. The number of nitrogens with zero attached hydrogens (tertiary/aromatic N) is 4. The van der Waals surface area contributed by atoms with E-state index < -0.39 is 13.0 Å². The van der Waals surface area contributed by atoms with E-state index in [0.717, 1.165) is 32.8 Å². The van der Waals surface area contributed by atoms with Gasteiger partial charge in [-0.25, -0.2) is 18.7 Å². The van der Waals surface area contributed by atoms with Crippen molar-refractivity contribution in [1.82, 2.24) is 19.4 Å². The molecule has 1 aromatic carbocycles. The summed E-state index contributed by atoms with van der Waals surface area (Å²) in [5.74, 6) is 1.16. The third-order valence-corrected chi connectivity index (χ3v) is 5.55. The lowest BCUT2D eigenvalue weighted by Crippen LogP contribution is -2.38. The number of benzene rings is 1. The molecule has 1 fully saturated rings. The molecule has 182 valence electrons. The van der Waals surface area contributed by atoms with Crippen molar-refractivity contribution in [1.29, 1.82) is 0 Å². The van der Waals surface area contributed by atoms with Crippen LogP contribution in [0.3, 0.4) is 0 Å². The summed E-state index contributed by atoms with van der Waals surface area (Å²) in [7, 11) is 3.09. The van der Waals surface area contributed by atoms with Crippen LogP contribution in [0.5, 0.6) is 11.5 Å². The number of morpholine rings is 1. The molecule has 9 nitrogen and oxygen atoms in total. The molecule has 0 saturated carbocycles. The van der Waals surface area contributed by atoms with Crippen LogP contribution >= 0.6 is 0 Å². The number of ether oxygens (including phenoxy) is 3. The first-order valence-electron chi connectivity index (χ1n) is 11.0. The number of fused-ring (bicyclic) bond motifs is 1. The standard InChI is InChI=1S/C23H27F2N5O4/c1-29-14-27-17-12-16(28-22(21(17)23(29)31)26-13-20(24)25)15-3-4-18(19(11-15)32-2)34-10-7-30-5-8-33-9-6-30/h3-4,11-12,14,20H,5-10,13H2,1-2H3,(H,26,28). The summed E-state index contributed by atoms with van der Waals surface area (Å²) in [5, 5.41) is 2.74. The summed E-state index contributed by atoms with van der Waals surface area (Å²) in [4.78, 5) is 23.6. The van der Waals surface area contributed by atoms with Gasteiger partial charge in [-0.1, -0.05) is 0 Å². The van der Waals surface area contributed by atoms with Crippen molar-refractivity contribution >= 4 is 16.7 Å². The van der Waals surface area contributed by atoms with Gasteiger partial charge in [-0.3, -0.25) is 9.69 Å². The van der Waals surface area contributed by atoms with Gasteiger partial charge >= 0.3 is 0 Å². The predicted octanol–water partition coefficient (Wildman–Crippen LogP) is 2.39. The molecule has 0 radical (unpaired) electrons. The van der Waals surface area contributed by atoms with Gasteiger partial charge in [0.25, 0.3) is 12.0 Å². The summed E-state index contributed by atoms with van der Waals surface area (Å²) in [5.41, 5.74) is 1.11. The minimum absolute atomic E-state index is 0.0614. The number of rotatable bonds is 9. The summed E-state index contributed by atoms with van der Waals surface area (Å²) in [6, 6.07) is 7.00. The summed E-state index contributed by atoms with van der Waals surface area (Å²) in [6.07, 6.45) is -1.22. The number of pyridine rings is 1. The largest absolute Gasteiger partial charge is 0.493 e. The highest BCUT2D eigenvalue weighted by molar-refractivity contribution is 5.91. The lowest BCUT2D eigenvalue weighted by atomic mass is 10.1. The normalized spacial score (nSPS) is 14.5. The van der Waals surface area contributed by atoms with E-state index in [0.29, 0.717) is 34.9 Å². The first-order chi connectivity index (χ1) is 16.5. The number of hydrogen-bond acceptors (Lipinski definition) is 8. The van der Waals surface area contributed by atoms with Crippen molar-refractivity contribution in [3.05, 3.63) is 40.9 Å². The fraction of sp³-hybridized carbons (Fsp3) is 0.435. The van der Waals surface area contributed by atoms with Gasteiger partial charge in [0.15, 0.2) is 11.5 Å². The van der Waals surface area contributed by atoms with E-state index >= 15 is 0 Å². The molecule has 0 aliphatic carbocycles. The Kier molecular flexibility index (Phi) is 7.53. The number of aryl methyl sites for hydroxylation is 1. The van der Waals surface area contributed by atoms with Crippen molar-refractivity contribution in [3.8, 4) is 22.8 Å². The number of halogens is 2. The highest BCUT2D eigenvalue weighted by Crippen LogP contribution is 2.33. The molecule has 1 saturated heterocycles. The third-order valence-electron chi connectivity index (χ3n) is 5.55. The van der Waals surface area contributed by atoms with Gasteiger partial charge < -0.3 is 24.1 Å². The summed E-state index contributed by atoms with van der Waals surface area (Å²) in [6.45, 7) is 3.86. The Labute approximate surface area is 195 Å². The predicted molar refractivity (Wildman–Crippen MR) is 124 cm³/mol. The van der Waals surface area contributed by atoms with Gasteiger partial charge in [0.1, 0.15) is 17.8 Å². The second kappa shape index (κ2) is 10.7. The molecule has 0 spiro atoms. The quantitative estimate of drug-likeness (QED) is 0.505. The molecule has 3 heterocycles. The Hall–Kier alpha value is -3.31. The van der Waals surface area contributed by atoms with Crippen LogP contribution in [0.1, 0.15) is 0 Å². The Morgan fingerprint density at radius 3 is 2.74 bits per heavy atom. The molecule has 0 amide bonds. The Bertz CT molecular complexity index is 1200. The van der Waals surface area contributed by atoms with Crippen LogP contribution < -0.4 is 20.3 Å². The fourth-order valence-electron chi connectivity index (χ4n) is 3.73. The Balaban J connectivity index is 1.61. The number of alkyl halides is 2. The van der Waals surface area contributed by atoms with E-state index in [2.05, 4.69) is 20.2 Å². The van der Waals surface area contributed by atoms with E-state index in [1.807, 2.05) is 0 Å². The maximum absolute atomic E-state index is 12.9. The van der Waals surface area contributed by atoms with Crippen molar-refractivity contribution in [2.24, 2.45) is 7.05 Å². The zero-order valence-corrected chi connectivity index (χ0v) is 19.1. The lowest BCUT2D eigenvalue weighted by molar-refractivity contribution is 0.0321. The summed E-state index contributed by atoms with van der Waals surface area (Å²) >= 11 is 0. The third kappa shape index (κ3) is 5.42. The molecular weight excluding hydrogens is 448 g/mol. The Morgan fingerprint density at radius 2 is 2.00 bits per heavy atom. The van der Waals surface area contributed by atoms with Crippen LogP contribution in [0.15, 0.2) is 35.4 Å². The maximum atomic E-state index is 12.9. The van der Waals surface area contributed by atoms with Crippen LogP contribution in [-0.2, 0) is 11.8 Å². The molecule has 2 aromatic heterocycles. The van der Waals surface area contributed by atoms with E-state index in [4.69, 9.17) is 14.2 Å². The highest BCUT2D eigenvalue weighted by Gasteiger charge is 2.16. The summed E-state index contributed by atoms with van der Waals surface area (Å²) < 4.78 is 43.8. The van der Waals surface area contributed by atoms with Crippen molar-refractivity contribution in [2.45, 2.75) is 6.43 Å². The van der Waals surface area contributed by atoms with E-state index in [1.54, 1.807) is 38.4 Å². The number of hydrogen-bond donors (Lipinski definition) is 1. The lowest BCUT2D eigenvalue weighted by Gasteiger charge is -2.26. The monoisotopic (exact) mass is 475 g/mol. The number of aromatic nitrogens is 3. The van der Waals surface area contributed by atoms with Crippen molar-refractivity contribution < 1.29 is 23.0 Å². The van der Waals surface area contributed by atoms with Gasteiger partial charge in [-0.15, -0.1) is 0 Å². The van der Waals surface area contributed by atoms with Crippen LogP contribution in [0.2, 0.25) is 0 Å². The number of anilines is 1. The topological polar surface area (TPSA) is 90.7 Å². The van der Waals surface area contributed by atoms with Crippen LogP contribution in [0.25, 0.3) is 22.2 Å². The van der Waals surface area contributed by atoms with E-state index in [9.17, 15) is 13.6 Å². The second-order valence-electron chi connectivity index (χ2n) is 7.85. The van der Waals surface area contributed by atoms with Gasteiger partial charge in [-0.05, 0) is 24.3 Å². The molecule has 0 atom stereocenters. The van der Waals surface area contributed by atoms with Gasteiger partial charge in [0.2, 0.25) is 0 Å². The molecule has 0 bridgehead atoms. The minimum atomic E-state index is -2.60. The molecule has 3 aromatic rings. The zero-order valence-electron chi connectivity index (χ0n) is 19.1. The van der Waals surface area contributed by atoms with Crippen molar-refractivity contribution in [3.63, 3.8) is 0 Å². The molecule has 0 unspecified atom stereocenters. The van der Waals surface area contributed by atoms with Gasteiger partial charge in [-0.2, -0.15) is 0 Å². The molecule has 11 heteroatoms. The highest BCUT2D eigenvalue weighted by atomic mass is 19.3.